The van der Waals surface area contributed by atoms with Gasteiger partial charge in [0.2, 0.25) is 5.91 Å². The van der Waals surface area contributed by atoms with Crippen LogP contribution in [0.25, 0.3) is 11.4 Å². The molecule has 1 fully saturated rings. The van der Waals surface area contributed by atoms with Gasteiger partial charge in [-0.2, -0.15) is 18.4 Å². The lowest BCUT2D eigenvalue weighted by Gasteiger charge is -2.40. The van der Waals surface area contributed by atoms with Crippen molar-refractivity contribution in [3.8, 4) is 17.5 Å². The number of pyridine rings is 1. The Morgan fingerprint density at radius 3 is 2.57 bits per heavy atom. The third kappa shape index (κ3) is 5.58. The van der Waals surface area contributed by atoms with Gasteiger partial charge in [-0.1, -0.05) is 0 Å². The highest BCUT2D eigenvalue weighted by Gasteiger charge is 2.47. The summed E-state index contributed by atoms with van der Waals surface area (Å²) in [6.45, 7) is 8.26. The number of hydrogen-bond donors (Lipinski definition) is 1. The average molecular weight is 518 g/mol. The molecule has 2 aromatic heterocycles. The lowest BCUT2D eigenvalue weighted by Crippen LogP contribution is -2.55. The van der Waals surface area contributed by atoms with Crippen LogP contribution in [0.1, 0.15) is 51.2 Å². The topological polar surface area (TPSA) is 124 Å². The van der Waals surface area contributed by atoms with Gasteiger partial charge in [0.1, 0.15) is 23.6 Å². The van der Waals surface area contributed by atoms with Crippen molar-refractivity contribution in [2.24, 2.45) is 0 Å². The molecule has 0 unspecified atom stereocenters. The van der Waals surface area contributed by atoms with Crippen LogP contribution in [0.5, 0.6) is 0 Å². The molecule has 2 aromatic rings. The molecule has 0 aliphatic carbocycles. The number of carbonyl (C=O) groups excluding carboxylic acids is 2. The number of ether oxygens (including phenoxy) is 1. The highest BCUT2D eigenvalue weighted by molar-refractivity contribution is 5.95. The van der Waals surface area contributed by atoms with Gasteiger partial charge < -0.3 is 19.9 Å². The third-order valence-electron chi connectivity index (χ3n) is 6.04. The van der Waals surface area contributed by atoms with Crippen LogP contribution in [-0.2, 0) is 9.53 Å². The first kappa shape index (κ1) is 26.1. The Morgan fingerprint density at radius 1 is 1.22 bits per heavy atom. The Bertz CT molecular complexity index is 1270. The molecule has 37 heavy (non-hydrogen) atoms. The molecule has 0 radical (unpaired) electrons. The molecule has 2 aliphatic rings. The zero-order valence-corrected chi connectivity index (χ0v) is 20.8. The number of hydrogen-bond acceptors (Lipinski definition) is 8. The highest BCUT2D eigenvalue weighted by Crippen LogP contribution is 2.45. The maximum Gasteiger partial charge on any atom is 0.410 e. The standard InChI is InChI=1S/C24H26F3N7O3/c1-13-11-33(5-6-34(13)22(36)37-23(2,3)4)17-8-14(10-28)7-16(31-17)20-19-15(24(25,26)27)9-18(35)32-21(19)30-12-29-20/h7-8,12-13,15H,5-6,9,11H2,1-4H3,(H,29,30,32,35)/t13-,15-/m0/s1. The molecule has 2 aliphatic heterocycles. The maximum atomic E-state index is 13.9. The van der Waals surface area contributed by atoms with Crippen LogP contribution in [0.15, 0.2) is 18.5 Å². The highest BCUT2D eigenvalue weighted by atomic mass is 19.4. The number of piperazine rings is 1. The van der Waals surface area contributed by atoms with Gasteiger partial charge in [0.15, 0.2) is 0 Å². The summed E-state index contributed by atoms with van der Waals surface area (Å²) < 4.78 is 47.2. The van der Waals surface area contributed by atoms with Gasteiger partial charge >= 0.3 is 12.3 Å². The van der Waals surface area contributed by atoms with Crippen LogP contribution in [-0.4, -0.2) is 69.3 Å². The molecule has 4 rings (SSSR count). The second-order valence-electron chi connectivity index (χ2n) is 10.0. The molecule has 0 aromatic carbocycles. The number of carbonyl (C=O) groups is 2. The molecule has 2 amide bonds. The summed E-state index contributed by atoms with van der Waals surface area (Å²) in [5.41, 5.74) is -0.800. The Hall–Kier alpha value is -3.95. The zero-order chi connectivity index (χ0) is 27.1. The molecule has 1 saturated heterocycles. The van der Waals surface area contributed by atoms with Gasteiger partial charge in [-0.05, 0) is 39.8 Å². The molecular formula is C24H26F3N7O3. The first-order valence-electron chi connectivity index (χ1n) is 11.7. The molecule has 0 spiro atoms. The Morgan fingerprint density at radius 2 is 1.95 bits per heavy atom. The monoisotopic (exact) mass is 517 g/mol. The van der Waals surface area contributed by atoms with Gasteiger partial charge in [0.25, 0.3) is 0 Å². The van der Waals surface area contributed by atoms with Crippen molar-refractivity contribution >= 4 is 23.6 Å². The van der Waals surface area contributed by atoms with E-state index < -0.39 is 36.1 Å². The SMILES string of the molecule is C[C@H]1CN(c2cc(C#N)cc(-c3ncnc4c3[C@@H](C(F)(F)F)CC(=O)N4)n2)CCN1C(=O)OC(C)(C)C. The second-order valence-corrected chi connectivity index (χ2v) is 10.0. The predicted octanol–water partition coefficient (Wildman–Crippen LogP) is 3.84. The van der Waals surface area contributed by atoms with Crippen molar-refractivity contribution in [1.29, 1.82) is 5.26 Å². The van der Waals surface area contributed by atoms with E-state index in [-0.39, 0.29) is 34.4 Å². The van der Waals surface area contributed by atoms with Crippen molar-refractivity contribution in [3.05, 3.63) is 29.6 Å². The fraction of sp³-hybridized carbons (Fsp3) is 0.500. The van der Waals surface area contributed by atoms with Crippen molar-refractivity contribution in [2.75, 3.05) is 29.9 Å². The number of aromatic nitrogens is 3. The summed E-state index contributed by atoms with van der Waals surface area (Å²) >= 11 is 0. The van der Waals surface area contributed by atoms with E-state index in [0.29, 0.717) is 25.5 Å². The number of rotatable bonds is 2. The van der Waals surface area contributed by atoms with Crippen LogP contribution >= 0.6 is 0 Å². The Balaban J connectivity index is 1.69. The van der Waals surface area contributed by atoms with Gasteiger partial charge in [-0.15, -0.1) is 0 Å². The average Bonchev–Trinajstić information content (AvgIpc) is 2.80. The van der Waals surface area contributed by atoms with Crippen LogP contribution in [0, 0.1) is 11.3 Å². The zero-order valence-electron chi connectivity index (χ0n) is 20.8. The number of nitriles is 1. The molecule has 4 heterocycles. The molecular weight excluding hydrogens is 491 g/mol. The largest absolute Gasteiger partial charge is 0.444 e. The number of nitrogens with one attached hydrogen (secondary N) is 1. The van der Waals surface area contributed by atoms with Gasteiger partial charge in [-0.25, -0.2) is 19.7 Å². The normalized spacial score (nSPS) is 20.1. The van der Waals surface area contributed by atoms with Gasteiger partial charge in [-0.3, -0.25) is 4.79 Å². The van der Waals surface area contributed by atoms with E-state index in [2.05, 4.69) is 20.3 Å². The first-order valence-corrected chi connectivity index (χ1v) is 11.7. The molecule has 10 nitrogen and oxygen atoms in total. The number of amides is 2. The van der Waals surface area contributed by atoms with E-state index in [1.807, 2.05) is 17.9 Å². The number of halogens is 3. The predicted molar refractivity (Wildman–Crippen MR) is 127 cm³/mol. The fourth-order valence-corrected chi connectivity index (χ4v) is 4.40. The van der Waals surface area contributed by atoms with Crippen molar-refractivity contribution in [3.63, 3.8) is 0 Å². The van der Waals surface area contributed by atoms with E-state index >= 15 is 0 Å². The number of nitrogens with zero attached hydrogens (tertiary/aromatic N) is 6. The van der Waals surface area contributed by atoms with Crippen molar-refractivity contribution in [2.45, 2.75) is 57.9 Å². The van der Waals surface area contributed by atoms with E-state index in [1.54, 1.807) is 25.7 Å². The second kappa shape index (κ2) is 9.49. The van der Waals surface area contributed by atoms with E-state index in [4.69, 9.17) is 4.74 Å². The fourth-order valence-electron chi connectivity index (χ4n) is 4.40. The third-order valence-corrected chi connectivity index (χ3v) is 6.04. The summed E-state index contributed by atoms with van der Waals surface area (Å²) in [5, 5.41) is 12.0. The Kier molecular flexibility index (Phi) is 6.70. The number of anilines is 2. The van der Waals surface area contributed by atoms with Crippen LogP contribution < -0.4 is 10.2 Å². The van der Waals surface area contributed by atoms with E-state index in [9.17, 15) is 28.0 Å². The summed E-state index contributed by atoms with van der Waals surface area (Å²) in [6.07, 6.45) is -4.90. The minimum absolute atomic E-state index is 0.0559. The molecule has 13 heteroatoms. The molecule has 1 N–H and O–H groups in total. The Labute approximate surface area is 211 Å². The lowest BCUT2D eigenvalue weighted by molar-refractivity contribution is -0.156. The summed E-state index contributed by atoms with van der Waals surface area (Å²) in [4.78, 5) is 40.4. The molecule has 2 atom stereocenters. The summed E-state index contributed by atoms with van der Waals surface area (Å²) in [6, 6.07) is 4.66. The first-order chi connectivity index (χ1) is 17.3. The minimum atomic E-state index is -4.71. The van der Waals surface area contributed by atoms with E-state index in [0.717, 1.165) is 6.33 Å². The van der Waals surface area contributed by atoms with E-state index in [1.165, 1.54) is 12.1 Å². The number of fused-ring (bicyclic) bond motifs is 1. The lowest BCUT2D eigenvalue weighted by atomic mass is 9.89. The summed E-state index contributed by atoms with van der Waals surface area (Å²) in [5.74, 6) is -2.77. The number of alkyl halides is 3. The van der Waals surface area contributed by atoms with Crippen LogP contribution in [0.4, 0.5) is 29.6 Å². The van der Waals surface area contributed by atoms with Crippen LogP contribution in [0.2, 0.25) is 0 Å². The maximum absolute atomic E-state index is 13.9. The quantitative estimate of drug-likeness (QED) is 0.637. The smallest absolute Gasteiger partial charge is 0.410 e. The molecule has 0 saturated carbocycles. The van der Waals surface area contributed by atoms with Crippen molar-refractivity contribution in [1.82, 2.24) is 19.9 Å². The molecule has 196 valence electrons. The van der Waals surface area contributed by atoms with Gasteiger partial charge in [0, 0.05) is 37.7 Å². The van der Waals surface area contributed by atoms with Crippen molar-refractivity contribution < 1.29 is 27.5 Å². The van der Waals surface area contributed by atoms with Crippen LogP contribution in [0.3, 0.4) is 0 Å². The summed E-state index contributed by atoms with van der Waals surface area (Å²) in [7, 11) is 0. The van der Waals surface area contributed by atoms with Gasteiger partial charge in [0.05, 0.1) is 28.9 Å². The molecule has 0 bridgehead atoms. The minimum Gasteiger partial charge on any atom is -0.444 e.